The van der Waals surface area contributed by atoms with Crippen LogP contribution in [0.1, 0.15) is 6.92 Å². The molecule has 1 fully saturated rings. The molecular weight excluding hydrogens is 179 g/mol. The monoisotopic (exact) mass is 188 g/mol. The first-order valence-electron chi connectivity index (χ1n) is 3.72. The second-order valence-corrected chi connectivity index (χ2v) is 2.80. The molecule has 0 aromatic rings. The third-order valence-electron chi connectivity index (χ3n) is 1.62. The van der Waals surface area contributed by atoms with Crippen LogP contribution in [0, 0.1) is 0 Å². The van der Waals surface area contributed by atoms with Gasteiger partial charge in [0.05, 0.1) is 13.2 Å². The molecule has 72 valence electrons. The molecule has 1 aliphatic rings. The molecule has 5 nitrogen and oxygen atoms in total. The van der Waals surface area contributed by atoms with E-state index in [9.17, 15) is 18.8 Å². The Kier molecular flexibility index (Phi) is 2.60. The summed E-state index contributed by atoms with van der Waals surface area (Å²) in [5.41, 5.74) is 0. The van der Waals surface area contributed by atoms with Gasteiger partial charge in [-0.1, -0.05) is 0 Å². The molecule has 1 aliphatic heterocycles. The zero-order valence-electron chi connectivity index (χ0n) is 7.04. The number of hydrogen-bond acceptors (Lipinski definition) is 3. The lowest BCUT2D eigenvalue weighted by atomic mass is 10.2. The maximum atomic E-state index is 12.8. The van der Waals surface area contributed by atoms with Crippen LogP contribution in [-0.2, 0) is 14.4 Å². The van der Waals surface area contributed by atoms with Crippen LogP contribution < -0.4 is 5.32 Å². The largest absolute Gasteiger partial charge is 0.335 e. The molecular formula is C7H9FN2O3. The number of alkyl halides is 1. The Balaban J connectivity index is 2.64. The number of nitrogens with zero attached hydrogens (tertiary/aromatic N) is 1. The minimum absolute atomic E-state index is 0.0995. The van der Waals surface area contributed by atoms with Crippen molar-refractivity contribution in [2.75, 3.05) is 13.2 Å². The molecule has 13 heavy (non-hydrogen) atoms. The lowest BCUT2D eigenvalue weighted by Gasteiger charge is -2.27. The average molecular weight is 188 g/mol. The third kappa shape index (κ3) is 2.01. The molecule has 1 saturated heterocycles. The quantitative estimate of drug-likeness (QED) is 0.555. The molecule has 0 spiro atoms. The highest BCUT2D eigenvalue weighted by atomic mass is 19.1. The highest BCUT2D eigenvalue weighted by Crippen LogP contribution is 2.04. The van der Waals surface area contributed by atoms with Crippen molar-refractivity contribution in [2.45, 2.75) is 13.1 Å². The van der Waals surface area contributed by atoms with Crippen LogP contribution >= 0.6 is 0 Å². The van der Waals surface area contributed by atoms with Crippen molar-refractivity contribution in [3.8, 4) is 0 Å². The van der Waals surface area contributed by atoms with Crippen LogP contribution in [0.25, 0.3) is 0 Å². The van der Waals surface area contributed by atoms with Gasteiger partial charge in [0.25, 0.3) is 18.0 Å². The summed E-state index contributed by atoms with van der Waals surface area (Å²) in [5, 5.41) is 2.16. The van der Waals surface area contributed by atoms with E-state index in [1.54, 1.807) is 0 Å². The van der Waals surface area contributed by atoms with Gasteiger partial charge in [0, 0.05) is 0 Å². The Bertz CT molecular complexity index is 266. The first-order chi connectivity index (χ1) is 6.02. The van der Waals surface area contributed by atoms with Gasteiger partial charge >= 0.3 is 0 Å². The van der Waals surface area contributed by atoms with Crippen molar-refractivity contribution in [2.24, 2.45) is 0 Å². The highest BCUT2D eigenvalue weighted by molar-refractivity contribution is 6.05. The molecule has 6 heteroatoms. The Hall–Kier alpha value is -1.46. The van der Waals surface area contributed by atoms with Gasteiger partial charge < -0.3 is 10.2 Å². The van der Waals surface area contributed by atoms with Gasteiger partial charge in [-0.15, -0.1) is 0 Å². The molecule has 1 heterocycles. The van der Waals surface area contributed by atoms with Gasteiger partial charge in [-0.25, -0.2) is 4.39 Å². The molecule has 1 N–H and O–H groups in total. The van der Waals surface area contributed by atoms with Gasteiger partial charge in [0.2, 0.25) is 0 Å². The number of ketones is 1. The molecule has 2 amide bonds. The highest BCUT2D eigenvalue weighted by Gasteiger charge is 2.35. The fourth-order valence-electron chi connectivity index (χ4n) is 1.02. The van der Waals surface area contributed by atoms with E-state index >= 15 is 0 Å². The van der Waals surface area contributed by atoms with Crippen molar-refractivity contribution in [1.29, 1.82) is 0 Å². The lowest BCUT2D eigenvalue weighted by Crippen LogP contribution is -2.56. The maximum Gasteiger partial charge on any atom is 0.268 e. The molecule has 0 bridgehead atoms. The van der Waals surface area contributed by atoms with E-state index in [4.69, 9.17) is 0 Å². The van der Waals surface area contributed by atoms with E-state index in [1.807, 2.05) is 0 Å². The smallest absolute Gasteiger partial charge is 0.268 e. The van der Waals surface area contributed by atoms with Crippen molar-refractivity contribution in [1.82, 2.24) is 10.2 Å². The number of amides is 2. The number of hydrogen-bond donors (Lipinski definition) is 1. The van der Waals surface area contributed by atoms with Crippen molar-refractivity contribution in [3.05, 3.63) is 0 Å². The van der Waals surface area contributed by atoms with Crippen molar-refractivity contribution >= 4 is 17.6 Å². The topological polar surface area (TPSA) is 66.5 Å². The Morgan fingerprint density at radius 3 is 2.85 bits per heavy atom. The summed E-state index contributed by atoms with van der Waals surface area (Å²) in [6.45, 7) is 1.02. The predicted octanol–water partition coefficient (Wildman–Crippen LogP) is -1.17. The number of halogens is 1. The summed E-state index contributed by atoms with van der Waals surface area (Å²) in [6.07, 6.45) is -2.17. The lowest BCUT2D eigenvalue weighted by molar-refractivity contribution is -0.150. The van der Waals surface area contributed by atoms with E-state index < -0.39 is 18.0 Å². The molecule has 0 aliphatic carbocycles. The van der Waals surface area contributed by atoms with Gasteiger partial charge in [-0.05, 0) is 6.92 Å². The molecule has 1 rings (SSSR count). The summed E-state index contributed by atoms with van der Waals surface area (Å²) < 4.78 is 12.8. The number of rotatable bonds is 2. The first-order valence-corrected chi connectivity index (χ1v) is 3.72. The molecule has 0 unspecified atom stereocenters. The molecule has 0 saturated carbocycles. The predicted molar refractivity (Wildman–Crippen MR) is 40.3 cm³/mol. The zero-order valence-corrected chi connectivity index (χ0v) is 7.04. The van der Waals surface area contributed by atoms with Crippen LogP contribution in [0.4, 0.5) is 4.39 Å². The van der Waals surface area contributed by atoms with E-state index in [0.717, 1.165) is 4.90 Å². The summed E-state index contributed by atoms with van der Waals surface area (Å²) in [6, 6.07) is 0. The third-order valence-corrected chi connectivity index (χ3v) is 1.62. The van der Waals surface area contributed by atoms with Crippen LogP contribution in [0.15, 0.2) is 0 Å². The van der Waals surface area contributed by atoms with Crippen molar-refractivity contribution in [3.63, 3.8) is 0 Å². The van der Waals surface area contributed by atoms with E-state index in [2.05, 4.69) is 5.32 Å². The summed E-state index contributed by atoms with van der Waals surface area (Å²) in [4.78, 5) is 33.2. The number of nitrogens with one attached hydrogen (secondary N) is 1. The van der Waals surface area contributed by atoms with Gasteiger partial charge in [0.15, 0.2) is 0 Å². The summed E-state index contributed by atoms with van der Waals surface area (Å²) in [7, 11) is 0. The van der Waals surface area contributed by atoms with E-state index in [0.29, 0.717) is 0 Å². The van der Waals surface area contributed by atoms with Crippen LogP contribution in [0.2, 0.25) is 0 Å². The fourth-order valence-corrected chi connectivity index (χ4v) is 1.02. The minimum Gasteiger partial charge on any atom is -0.335 e. The van der Waals surface area contributed by atoms with Gasteiger partial charge in [0.1, 0.15) is 5.78 Å². The zero-order chi connectivity index (χ0) is 10.0. The standard InChI is InChI=1S/C7H9FN2O3/c1-4(11)2-10-3-9-6(12)5(8)7(10)13/h5H,2-3H2,1H3,(H,9,12)/t5-/m1/s1. The van der Waals surface area contributed by atoms with Gasteiger partial charge in [-0.3, -0.25) is 14.4 Å². The van der Waals surface area contributed by atoms with Crippen LogP contribution in [-0.4, -0.2) is 41.9 Å². The van der Waals surface area contributed by atoms with Crippen molar-refractivity contribution < 1.29 is 18.8 Å². The number of carbonyl (C=O) groups is 3. The fraction of sp³-hybridized carbons (Fsp3) is 0.571. The molecule has 0 radical (unpaired) electrons. The Labute approximate surface area is 73.9 Å². The number of Topliss-reactive ketones (excluding diaryl/α,β-unsaturated/α-hetero) is 1. The second-order valence-electron chi connectivity index (χ2n) is 2.80. The second kappa shape index (κ2) is 3.51. The van der Waals surface area contributed by atoms with E-state index in [1.165, 1.54) is 6.92 Å². The molecule has 0 aromatic carbocycles. The first kappa shape index (κ1) is 9.63. The Morgan fingerprint density at radius 1 is 1.69 bits per heavy atom. The van der Waals surface area contributed by atoms with Gasteiger partial charge in [-0.2, -0.15) is 0 Å². The maximum absolute atomic E-state index is 12.8. The average Bonchev–Trinajstić information content (AvgIpc) is 2.06. The minimum atomic E-state index is -2.17. The van der Waals surface area contributed by atoms with E-state index in [-0.39, 0.29) is 19.0 Å². The SMILES string of the molecule is CC(=O)CN1CNC(=O)[C@@H](F)C1=O. The Morgan fingerprint density at radius 2 is 2.31 bits per heavy atom. The molecule has 1 atom stereocenters. The normalized spacial score (nSPS) is 22.9. The summed E-state index contributed by atoms with van der Waals surface area (Å²) >= 11 is 0. The van der Waals surface area contributed by atoms with Crippen LogP contribution in [0.5, 0.6) is 0 Å². The molecule has 0 aromatic heterocycles. The number of carbonyl (C=O) groups excluding carboxylic acids is 3. The van der Waals surface area contributed by atoms with Crippen LogP contribution in [0.3, 0.4) is 0 Å². The summed E-state index contributed by atoms with van der Waals surface area (Å²) in [5.74, 6) is -2.14.